The molecule has 1 fully saturated rings. The highest BCUT2D eigenvalue weighted by Gasteiger charge is 2.61. The number of allylic oxidation sites excluding steroid dienone is 1. The maximum atomic E-state index is 13.5. The molecule has 9 heteroatoms. The van der Waals surface area contributed by atoms with Gasteiger partial charge < -0.3 is 9.84 Å². The second kappa shape index (κ2) is 7.67. The molecule has 0 unspecified atom stereocenters. The molecule has 166 valence electrons. The van der Waals surface area contributed by atoms with Crippen LogP contribution in [0.15, 0.2) is 59.1 Å². The van der Waals surface area contributed by atoms with Crippen molar-refractivity contribution in [3.8, 4) is 0 Å². The van der Waals surface area contributed by atoms with Gasteiger partial charge in [0.05, 0.1) is 35.4 Å². The summed E-state index contributed by atoms with van der Waals surface area (Å²) in [5.74, 6) is -5.28. The van der Waals surface area contributed by atoms with Crippen LogP contribution in [0.2, 0.25) is 5.02 Å². The molecule has 33 heavy (non-hydrogen) atoms. The summed E-state index contributed by atoms with van der Waals surface area (Å²) in [4.78, 5) is 57.9. The summed E-state index contributed by atoms with van der Waals surface area (Å²) in [6.07, 6.45) is 0. The molecule has 2 heterocycles. The zero-order valence-electron chi connectivity index (χ0n) is 17.3. The zero-order chi connectivity index (χ0) is 23.4. The summed E-state index contributed by atoms with van der Waals surface area (Å²) in [6, 6.07) is 11.2. The fourth-order valence-electron chi connectivity index (χ4n) is 4.60. The number of Topliss-reactive ketones (excluding diaryl/α,β-unsaturated/α-hetero) is 1. The van der Waals surface area contributed by atoms with E-state index in [9.17, 15) is 24.3 Å². The van der Waals surface area contributed by atoms with Crippen LogP contribution in [0.25, 0.3) is 5.76 Å². The van der Waals surface area contributed by atoms with Gasteiger partial charge in [-0.05, 0) is 31.2 Å². The number of esters is 1. The van der Waals surface area contributed by atoms with Gasteiger partial charge in [0, 0.05) is 16.1 Å². The maximum absolute atomic E-state index is 13.5. The first kappa shape index (κ1) is 21.1. The number of nitrogens with zero attached hydrogens (tertiary/aromatic N) is 2. The molecule has 0 aromatic heterocycles. The average molecular weight is 465 g/mol. The summed E-state index contributed by atoms with van der Waals surface area (Å²) >= 11 is 5.93. The molecule has 2 aliphatic heterocycles. The lowest BCUT2D eigenvalue weighted by atomic mass is 9.85. The molecule has 5 rings (SSSR count). The molecule has 2 aromatic carbocycles. The summed E-state index contributed by atoms with van der Waals surface area (Å²) in [5.41, 5.74) is 0.603. The smallest absolute Gasteiger partial charge is 0.331 e. The van der Waals surface area contributed by atoms with Gasteiger partial charge in [-0.3, -0.25) is 19.4 Å². The molecule has 1 aliphatic carbocycles. The number of halogens is 1. The number of aliphatic imine (C=N–C) groups is 1. The van der Waals surface area contributed by atoms with Crippen molar-refractivity contribution in [2.24, 2.45) is 16.8 Å². The number of carbonyl (C=O) groups excluding carboxylic acids is 4. The molecular weight excluding hydrogens is 448 g/mol. The van der Waals surface area contributed by atoms with Crippen molar-refractivity contribution in [2.75, 3.05) is 11.5 Å². The zero-order valence-corrected chi connectivity index (χ0v) is 18.1. The second-order valence-electron chi connectivity index (χ2n) is 7.80. The summed E-state index contributed by atoms with van der Waals surface area (Å²) in [5, 5.41) is 11.2. The Morgan fingerprint density at radius 3 is 2.36 bits per heavy atom. The van der Waals surface area contributed by atoms with Gasteiger partial charge in [-0.2, -0.15) is 0 Å². The normalized spacial score (nSPS) is 23.7. The van der Waals surface area contributed by atoms with Gasteiger partial charge in [-0.1, -0.05) is 35.9 Å². The standard InChI is InChI=1S/C24H17ClN2O6/c1-2-33-24(32)19-16-15(22(30)27(23(16)31)12-9-7-11(25)8-10-12)18(26-19)17-20(28)13-5-3-4-6-14(13)21(17)29/h3-10,15-16,19,28H,2H2,1H3/t15-,16+,19-/m0/s1. The topological polar surface area (TPSA) is 113 Å². The largest absolute Gasteiger partial charge is 0.506 e. The van der Waals surface area contributed by atoms with Crippen molar-refractivity contribution < 1.29 is 29.0 Å². The number of ketones is 1. The van der Waals surface area contributed by atoms with Gasteiger partial charge >= 0.3 is 5.97 Å². The third kappa shape index (κ3) is 3.01. The third-order valence-electron chi connectivity index (χ3n) is 6.02. The van der Waals surface area contributed by atoms with Crippen LogP contribution in [-0.4, -0.2) is 47.0 Å². The van der Waals surface area contributed by atoms with Gasteiger partial charge in [-0.25, -0.2) is 9.69 Å². The van der Waals surface area contributed by atoms with Crippen LogP contribution in [0.3, 0.4) is 0 Å². The fourth-order valence-corrected chi connectivity index (χ4v) is 4.73. The second-order valence-corrected chi connectivity index (χ2v) is 8.24. The predicted octanol–water partition coefficient (Wildman–Crippen LogP) is 3.00. The van der Waals surface area contributed by atoms with Gasteiger partial charge in [0.2, 0.25) is 11.8 Å². The number of aliphatic hydroxyl groups is 1. The molecular formula is C24H17ClN2O6. The first-order valence-electron chi connectivity index (χ1n) is 10.3. The number of amides is 2. The van der Waals surface area contributed by atoms with Crippen LogP contribution >= 0.6 is 11.6 Å². The monoisotopic (exact) mass is 464 g/mol. The lowest BCUT2D eigenvalue weighted by Gasteiger charge is -2.17. The number of anilines is 1. The van der Waals surface area contributed by atoms with Crippen LogP contribution in [0, 0.1) is 11.8 Å². The first-order valence-corrected chi connectivity index (χ1v) is 10.7. The van der Waals surface area contributed by atoms with Crippen LogP contribution < -0.4 is 4.90 Å². The number of ether oxygens (including phenoxy) is 1. The van der Waals surface area contributed by atoms with E-state index in [1.807, 2.05) is 0 Å². The average Bonchev–Trinajstić information content (AvgIpc) is 3.39. The van der Waals surface area contributed by atoms with E-state index in [2.05, 4.69) is 4.99 Å². The van der Waals surface area contributed by atoms with Crippen molar-refractivity contribution in [3.63, 3.8) is 0 Å². The molecule has 0 radical (unpaired) electrons. The van der Waals surface area contributed by atoms with Gasteiger partial charge in [0.15, 0.2) is 11.8 Å². The minimum atomic E-state index is -1.31. The van der Waals surface area contributed by atoms with Gasteiger partial charge in [0.1, 0.15) is 5.76 Å². The molecule has 2 aromatic rings. The first-order chi connectivity index (χ1) is 15.8. The molecule has 3 atom stereocenters. The van der Waals surface area contributed by atoms with E-state index in [0.717, 1.165) is 4.90 Å². The molecule has 1 N–H and O–H groups in total. The highest BCUT2D eigenvalue weighted by Crippen LogP contribution is 2.44. The van der Waals surface area contributed by atoms with Crippen LogP contribution in [0.1, 0.15) is 22.8 Å². The van der Waals surface area contributed by atoms with Crippen LogP contribution in [-0.2, 0) is 19.1 Å². The Bertz CT molecular complexity index is 1300. The van der Waals surface area contributed by atoms with E-state index >= 15 is 0 Å². The molecule has 1 saturated heterocycles. The van der Waals surface area contributed by atoms with E-state index in [0.29, 0.717) is 10.6 Å². The quantitative estimate of drug-likeness (QED) is 0.549. The Morgan fingerprint density at radius 2 is 1.73 bits per heavy atom. The number of aliphatic hydroxyl groups excluding tert-OH is 1. The summed E-state index contributed by atoms with van der Waals surface area (Å²) in [6.45, 7) is 1.67. The van der Waals surface area contributed by atoms with E-state index in [1.165, 1.54) is 24.3 Å². The minimum absolute atomic E-state index is 0.0545. The number of hydrogen-bond acceptors (Lipinski definition) is 7. The van der Waals surface area contributed by atoms with E-state index < -0.39 is 41.4 Å². The number of fused-ring (bicyclic) bond motifs is 2. The van der Waals surface area contributed by atoms with Crippen molar-refractivity contribution >= 4 is 52.3 Å². The third-order valence-corrected chi connectivity index (χ3v) is 6.28. The Hall–Kier alpha value is -3.78. The molecule has 0 spiro atoms. The molecule has 0 bridgehead atoms. The van der Waals surface area contributed by atoms with Crippen molar-refractivity contribution in [1.29, 1.82) is 0 Å². The van der Waals surface area contributed by atoms with E-state index in [1.54, 1.807) is 31.2 Å². The Labute approximate surface area is 193 Å². The summed E-state index contributed by atoms with van der Waals surface area (Å²) < 4.78 is 5.09. The maximum Gasteiger partial charge on any atom is 0.331 e. The van der Waals surface area contributed by atoms with Crippen molar-refractivity contribution in [2.45, 2.75) is 13.0 Å². The number of benzene rings is 2. The molecule has 8 nitrogen and oxygen atoms in total. The number of rotatable bonds is 4. The lowest BCUT2D eigenvalue weighted by molar-refractivity contribution is -0.147. The Kier molecular flexibility index (Phi) is 4.90. The molecule has 2 amide bonds. The molecule has 3 aliphatic rings. The minimum Gasteiger partial charge on any atom is -0.506 e. The van der Waals surface area contributed by atoms with E-state index in [4.69, 9.17) is 16.3 Å². The predicted molar refractivity (Wildman–Crippen MR) is 119 cm³/mol. The van der Waals surface area contributed by atoms with Crippen molar-refractivity contribution in [1.82, 2.24) is 0 Å². The highest BCUT2D eigenvalue weighted by molar-refractivity contribution is 6.43. The Balaban J connectivity index is 1.63. The number of carbonyl (C=O) groups is 4. The lowest BCUT2D eigenvalue weighted by Crippen LogP contribution is -2.36. The molecule has 0 saturated carbocycles. The van der Waals surface area contributed by atoms with Gasteiger partial charge in [0.25, 0.3) is 0 Å². The Morgan fingerprint density at radius 1 is 1.06 bits per heavy atom. The van der Waals surface area contributed by atoms with Gasteiger partial charge in [-0.15, -0.1) is 0 Å². The van der Waals surface area contributed by atoms with E-state index in [-0.39, 0.29) is 34.9 Å². The highest BCUT2D eigenvalue weighted by atomic mass is 35.5. The SMILES string of the molecule is CCOC(=O)[C@H]1N=C(C2=C(O)c3ccccc3C2=O)[C@H]2C(=O)N(c3ccc(Cl)cc3)C(=O)[C@H]21. The number of imide groups is 1. The van der Waals surface area contributed by atoms with Crippen molar-refractivity contribution in [3.05, 3.63) is 70.3 Å². The fraction of sp³-hybridized carbons (Fsp3) is 0.208. The summed E-state index contributed by atoms with van der Waals surface area (Å²) in [7, 11) is 0. The van der Waals surface area contributed by atoms with Crippen LogP contribution in [0.5, 0.6) is 0 Å². The van der Waals surface area contributed by atoms with Crippen LogP contribution in [0.4, 0.5) is 5.69 Å². The number of hydrogen-bond donors (Lipinski definition) is 1.